The van der Waals surface area contributed by atoms with Crippen LogP contribution in [0.3, 0.4) is 0 Å². The Morgan fingerprint density at radius 2 is 2.05 bits per heavy atom. The van der Waals surface area contributed by atoms with Gasteiger partial charge in [0, 0.05) is 11.1 Å². The molecule has 0 saturated heterocycles. The van der Waals surface area contributed by atoms with Crippen molar-refractivity contribution in [3.05, 3.63) is 52.2 Å². The topological polar surface area (TPSA) is 50.2 Å². The molecule has 3 nitrogen and oxygen atoms in total. The summed E-state index contributed by atoms with van der Waals surface area (Å²) in [7, 11) is 0. The monoisotopic (exact) mass is 293 g/mol. The summed E-state index contributed by atoms with van der Waals surface area (Å²) in [6, 6.07) is 7.60. The Hall–Kier alpha value is -1.52. The number of rotatable bonds is 3. The van der Waals surface area contributed by atoms with Crippen LogP contribution in [0.15, 0.2) is 40.4 Å². The van der Waals surface area contributed by atoms with Gasteiger partial charge in [-0.3, -0.25) is 0 Å². The van der Waals surface area contributed by atoms with E-state index in [-0.39, 0.29) is 10.6 Å². The number of aryl methyl sites for hydroxylation is 2. The molecule has 0 atom stereocenters. The van der Waals surface area contributed by atoms with Gasteiger partial charge < -0.3 is 5.11 Å². The Balaban J connectivity index is 2.33. The first-order chi connectivity index (χ1) is 8.97. The molecule has 0 saturated carbocycles. The maximum Gasteiger partial charge on any atom is 0.337 e. The molecular weight excluding hydrogens is 282 g/mol. The van der Waals surface area contributed by atoms with Crippen molar-refractivity contribution in [3.63, 3.8) is 0 Å². The molecule has 1 aromatic carbocycles. The number of nitrogens with zero attached hydrogens (tertiary/aromatic N) is 1. The van der Waals surface area contributed by atoms with E-state index in [1.807, 2.05) is 26.0 Å². The molecule has 19 heavy (non-hydrogen) atoms. The van der Waals surface area contributed by atoms with Crippen molar-refractivity contribution >= 4 is 29.3 Å². The van der Waals surface area contributed by atoms with Crippen LogP contribution in [0.25, 0.3) is 0 Å². The van der Waals surface area contributed by atoms with Crippen LogP contribution in [0.5, 0.6) is 0 Å². The van der Waals surface area contributed by atoms with Crippen molar-refractivity contribution in [1.82, 2.24) is 4.98 Å². The predicted molar refractivity (Wildman–Crippen MR) is 76.2 cm³/mol. The summed E-state index contributed by atoms with van der Waals surface area (Å²) in [6.07, 6.45) is 1.37. The van der Waals surface area contributed by atoms with Crippen LogP contribution >= 0.6 is 23.4 Å². The van der Waals surface area contributed by atoms with Crippen molar-refractivity contribution < 1.29 is 9.90 Å². The van der Waals surface area contributed by atoms with Crippen LogP contribution in [-0.2, 0) is 0 Å². The lowest BCUT2D eigenvalue weighted by Crippen LogP contribution is -1.98. The molecule has 1 aromatic heterocycles. The van der Waals surface area contributed by atoms with Crippen molar-refractivity contribution in [2.75, 3.05) is 0 Å². The summed E-state index contributed by atoms with van der Waals surface area (Å²) < 4.78 is 0. The van der Waals surface area contributed by atoms with Crippen LogP contribution in [0.4, 0.5) is 0 Å². The third kappa shape index (κ3) is 3.28. The first-order valence-corrected chi connectivity index (χ1v) is 6.81. The minimum Gasteiger partial charge on any atom is -0.478 e. The van der Waals surface area contributed by atoms with Gasteiger partial charge in [0.25, 0.3) is 0 Å². The standard InChI is InChI=1S/C14H12ClNO2S/c1-8-3-4-12(9(2)5-8)19-13-6-10(14(17)18)11(15)7-16-13/h3-7H,1-2H3,(H,17,18). The number of hydrogen-bond donors (Lipinski definition) is 1. The highest BCUT2D eigenvalue weighted by Gasteiger charge is 2.11. The quantitative estimate of drug-likeness (QED) is 0.921. The van der Waals surface area contributed by atoms with Gasteiger partial charge in [0.2, 0.25) is 0 Å². The number of carboxylic acids is 1. The number of carboxylic acid groups (broad SMARTS) is 1. The second-order valence-electron chi connectivity index (χ2n) is 4.18. The molecule has 1 heterocycles. The second kappa shape index (κ2) is 5.63. The Kier molecular flexibility index (Phi) is 4.12. The van der Waals surface area contributed by atoms with Crippen molar-refractivity contribution in [3.8, 4) is 0 Å². The van der Waals surface area contributed by atoms with E-state index in [1.165, 1.54) is 29.6 Å². The zero-order valence-corrected chi connectivity index (χ0v) is 12.0. The summed E-state index contributed by atoms with van der Waals surface area (Å²) in [5, 5.41) is 9.80. The van der Waals surface area contributed by atoms with E-state index >= 15 is 0 Å². The number of aromatic carboxylic acids is 1. The highest BCUT2D eigenvalue weighted by molar-refractivity contribution is 7.99. The van der Waals surface area contributed by atoms with Crippen molar-refractivity contribution in [2.45, 2.75) is 23.8 Å². The van der Waals surface area contributed by atoms with Crippen molar-refractivity contribution in [1.29, 1.82) is 0 Å². The average molecular weight is 294 g/mol. The average Bonchev–Trinajstić information content (AvgIpc) is 2.34. The molecule has 0 spiro atoms. The minimum atomic E-state index is -1.05. The Labute approximate surface area is 120 Å². The number of carbonyl (C=O) groups is 1. The number of halogens is 1. The van der Waals surface area contributed by atoms with Gasteiger partial charge in [-0.15, -0.1) is 0 Å². The molecule has 0 radical (unpaired) electrons. The molecule has 0 fully saturated rings. The molecular formula is C14H12ClNO2S. The summed E-state index contributed by atoms with van der Waals surface area (Å²) >= 11 is 7.22. The number of pyridine rings is 1. The van der Waals surface area contributed by atoms with Crippen LogP contribution in [0, 0.1) is 13.8 Å². The lowest BCUT2D eigenvalue weighted by Gasteiger charge is -2.07. The molecule has 0 unspecified atom stereocenters. The normalized spacial score (nSPS) is 10.5. The molecule has 2 rings (SSSR count). The molecule has 5 heteroatoms. The zero-order valence-electron chi connectivity index (χ0n) is 10.5. The van der Waals surface area contributed by atoms with Gasteiger partial charge in [0.15, 0.2) is 0 Å². The summed E-state index contributed by atoms with van der Waals surface area (Å²) in [5.41, 5.74) is 2.40. The molecule has 0 bridgehead atoms. The predicted octanol–water partition coefficient (Wildman–Crippen LogP) is 4.20. The molecule has 0 aliphatic heterocycles. The van der Waals surface area contributed by atoms with E-state index in [2.05, 4.69) is 11.1 Å². The van der Waals surface area contributed by atoms with Gasteiger partial charge in [-0.25, -0.2) is 9.78 Å². The lowest BCUT2D eigenvalue weighted by molar-refractivity contribution is 0.0696. The maximum atomic E-state index is 11.0. The fraction of sp³-hybridized carbons (Fsp3) is 0.143. The fourth-order valence-corrected chi connectivity index (χ4v) is 2.71. The van der Waals surface area contributed by atoms with E-state index in [4.69, 9.17) is 16.7 Å². The van der Waals surface area contributed by atoms with Gasteiger partial charge in [-0.05, 0) is 31.5 Å². The Morgan fingerprint density at radius 3 is 2.68 bits per heavy atom. The fourth-order valence-electron chi connectivity index (χ4n) is 1.67. The minimum absolute atomic E-state index is 0.0731. The molecule has 0 aliphatic rings. The van der Waals surface area contributed by atoms with Crippen LogP contribution in [0.1, 0.15) is 21.5 Å². The maximum absolute atomic E-state index is 11.0. The van der Waals surface area contributed by atoms with Crippen LogP contribution in [0.2, 0.25) is 5.02 Å². The van der Waals surface area contributed by atoms with Gasteiger partial charge in [0.05, 0.1) is 10.6 Å². The first kappa shape index (κ1) is 13.9. The van der Waals surface area contributed by atoms with E-state index in [1.54, 1.807) is 0 Å². The van der Waals surface area contributed by atoms with Gasteiger partial charge in [-0.1, -0.05) is 41.1 Å². The van der Waals surface area contributed by atoms with Crippen LogP contribution in [-0.4, -0.2) is 16.1 Å². The smallest absolute Gasteiger partial charge is 0.337 e. The van der Waals surface area contributed by atoms with E-state index < -0.39 is 5.97 Å². The summed E-state index contributed by atoms with van der Waals surface area (Å²) in [4.78, 5) is 16.2. The summed E-state index contributed by atoms with van der Waals surface area (Å²) in [6.45, 7) is 4.05. The first-order valence-electron chi connectivity index (χ1n) is 5.61. The molecule has 98 valence electrons. The van der Waals surface area contributed by atoms with E-state index in [0.29, 0.717) is 5.03 Å². The Morgan fingerprint density at radius 1 is 1.32 bits per heavy atom. The Bertz CT molecular complexity index is 643. The number of benzene rings is 1. The van der Waals surface area contributed by atoms with Crippen molar-refractivity contribution in [2.24, 2.45) is 0 Å². The lowest BCUT2D eigenvalue weighted by atomic mass is 10.2. The summed E-state index contributed by atoms with van der Waals surface area (Å²) in [5.74, 6) is -1.05. The largest absolute Gasteiger partial charge is 0.478 e. The van der Waals surface area contributed by atoms with Crippen LogP contribution < -0.4 is 0 Å². The zero-order chi connectivity index (χ0) is 14.0. The van der Waals surface area contributed by atoms with E-state index in [0.717, 1.165) is 10.5 Å². The van der Waals surface area contributed by atoms with Gasteiger partial charge >= 0.3 is 5.97 Å². The SMILES string of the molecule is Cc1ccc(Sc2cc(C(=O)O)c(Cl)cn2)c(C)c1. The third-order valence-corrected chi connectivity index (χ3v) is 4.02. The second-order valence-corrected chi connectivity index (χ2v) is 5.65. The van der Waals surface area contributed by atoms with E-state index in [9.17, 15) is 4.79 Å². The molecule has 2 aromatic rings. The highest BCUT2D eigenvalue weighted by atomic mass is 35.5. The molecule has 1 N–H and O–H groups in total. The van der Waals surface area contributed by atoms with Gasteiger partial charge in [-0.2, -0.15) is 0 Å². The third-order valence-electron chi connectivity index (χ3n) is 2.61. The van der Waals surface area contributed by atoms with Gasteiger partial charge in [0.1, 0.15) is 5.03 Å². The molecule has 0 aliphatic carbocycles. The molecule has 0 amide bonds. The number of hydrogen-bond acceptors (Lipinski definition) is 3. The number of aromatic nitrogens is 1. The highest BCUT2D eigenvalue weighted by Crippen LogP contribution is 2.31.